The molecule has 1 amide bonds. The van der Waals surface area contributed by atoms with Crippen LogP contribution in [0, 0.1) is 0 Å². The number of rotatable bonds is 14. The van der Waals surface area contributed by atoms with E-state index in [-0.39, 0.29) is 6.61 Å². The molecule has 0 aromatic carbocycles. The van der Waals surface area contributed by atoms with Crippen molar-refractivity contribution in [2.24, 2.45) is 5.73 Å². The van der Waals surface area contributed by atoms with Crippen molar-refractivity contribution in [3.05, 3.63) is 0 Å². The van der Waals surface area contributed by atoms with Crippen LogP contribution in [-0.2, 0) is 23.7 Å². The molecule has 0 aliphatic heterocycles. The highest BCUT2D eigenvalue weighted by atomic mass is 16.5. The smallest absolute Gasteiger partial charge is 0.243 e. The number of methoxy groups -OCH3 is 1. The van der Waals surface area contributed by atoms with E-state index < -0.39 is 5.91 Å². The lowest BCUT2D eigenvalue weighted by Crippen LogP contribution is -2.26. The Morgan fingerprint density at radius 1 is 0.944 bits per heavy atom. The quantitative estimate of drug-likeness (QED) is 0.381. The number of hydrogen-bond donors (Lipinski definition) is 2. The van der Waals surface area contributed by atoms with Gasteiger partial charge in [-0.05, 0) is 0 Å². The second-order valence-electron chi connectivity index (χ2n) is 3.49. The summed E-state index contributed by atoms with van der Waals surface area (Å²) in [5.41, 5.74) is 4.91. The van der Waals surface area contributed by atoms with E-state index in [1.807, 2.05) is 0 Å². The first-order valence-corrected chi connectivity index (χ1v) is 5.98. The Hall–Kier alpha value is -0.730. The first kappa shape index (κ1) is 17.3. The minimum absolute atomic E-state index is 0.0308. The molecular formula is C11H24N2O5. The number of amides is 1. The van der Waals surface area contributed by atoms with Gasteiger partial charge < -0.3 is 30.0 Å². The van der Waals surface area contributed by atoms with Crippen LogP contribution in [0.15, 0.2) is 0 Å². The molecule has 0 saturated carbocycles. The van der Waals surface area contributed by atoms with Gasteiger partial charge in [0.05, 0.1) is 39.6 Å². The predicted molar refractivity (Wildman–Crippen MR) is 66.4 cm³/mol. The molecule has 7 heteroatoms. The van der Waals surface area contributed by atoms with Crippen molar-refractivity contribution in [2.45, 2.75) is 0 Å². The van der Waals surface area contributed by atoms with Gasteiger partial charge in [-0.25, -0.2) is 0 Å². The van der Waals surface area contributed by atoms with E-state index in [0.717, 1.165) is 6.54 Å². The average Bonchev–Trinajstić information content (AvgIpc) is 2.34. The number of nitrogens with two attached hydrogens (primary N) is 1. The number of nitrogens with one attached hydrogen (secondary N) is 1. The van der Waals surface area contributed by atoms with Crippen LogP contribution in [0.25, 0.3) is 0 Å². The zero-order valence-corrected chi connectivity index (χ0v) is 11.0. The van der Waals surface area contributed by atoms with Gasteiger partial charge in [-0.2, -0.15) is 0 Å². The Balaban J connectivity index is 2.92. The van der Waals surface area contributed by atoms with Crippen LogP contribution < -0.4 is 11.1 Å². The van der Waals surface area contributed by atoms with Gasteiger partial charge in [0.2, 0.25) is 5.91 Å². The predicted octanol–water partition coefficient (Wildman–Crippen LogP) is -1.24. The minimum Gasteiger partial charge on any atom is -0.382 e. The van der Waals surface area contributed by atoms with Crippen molar-refractivity contribution in [1.82, 2.24) is 5.32 Å². The topological polar surface area (TPSA) is 92.0 Å². The van der Waals surface area contributed by atoms with Gasteiger partial charge >= 0.3 is 0 Å². The second kappa shape index (κ2) is 14.3. The molecule has 0 atom stereocenters. The van der Waals surface area contributed by atoms with Gasteiger partial charge in [0.25, 0.3) is 0 Å². The van der Waals surface area contributed by atoms with Crippen molar-refractivity contribution in [3.63, 3.8) is 0 Å². The van der Waals surface area contributed by atoms with E-state index in [4.69, 9.17) is 24.7 Å². The maximum Gasteiger partial charge on any atom is 0.243 e. The fourth-order valence-corrected chi connectivity index (χ4v) is 1.05. The Kier molecular flexibility index (Phi) is 13.8. The lowest BCUT2D eigenvalue weighted by atomic mass is 10.6. The van der Waals surface area contributed by atoms with Gasteiger partial charge in [-0.1, -0.05) is 0 Å². The number of carbonyl (C=O) groups excluding carboxylic acids is 1. The van der Waals surface area contributed by atoms with Crippen LogP contribution in [0.5, 0.6) is 0 Å². The van der Waals surface area contributed by atoms with Crippen LogP contribution >= 0.6 is 0 Å². The van der Waals surface area contributed by atoms with E-state index in [9.17, 15) is 4.79 Å². The minimum atomic E-state index is -0.452. The number of hydrogen-bond acceptors (Lipinski definition) is 6. The largest absolute Gasteiger partial charge is 0.382 e. The van der Waals surface area contributed by atoms with Gasteiger partial charge in [0.1, 0.15) is 6.61 Å². The number of primary amides is 1. The highest BCUT2D eigenvalue weighted by Gasteiger charge is 1.94. The van der Waals surface area contributed by atoms with E-state index in [1.165, 1.54) is 0 Å². The van der Waals surface area contributed by atoms with Gasteiger partial charge in [-0.15, -0.1) is 0 Å². The molecule has 0 saturated heterocycles. The molecule has 3 N–H and O–H groups in total. The Morgan fingerprint density at radius 2 is 1.50 bits per heavy atom. The Morgan fingerprint density at radius 3 is 2.11 bits per heavy atom. The zero-order chi connectivity index (χ0) is 13.5. The fourth-order valence-electron chi connectivity index (χ4n) is 1.05. The maximum atomic E-state index is 10.3. The standard InChI is InChI=1S/C11H24N2O5/c1-15-6-7-17-9-8-16-4-2-13-3-5-18-10-11(12)14/h13H,2-10H2,1H3,(H2,12,14). The number of carbonyl (C=O) groups is 1. The van der Waals surface area contributed by atoms with Crippen molar-refractivity contribution in [3.8, 4) is 0 Å². The van der Waals surface area contributed by atoms with Crippen LogP contribution in [0.3, 0.4) is 0 Å². The summed E-state index contributed by atoms with van der Waals surface area (Å²) in [5, 5.41) is 3.11. The highest BCUT2D eigenvalue weighted by Crippen LogP contribution is 1.79. The first-order chi connectivity index (χ1) is 8.77. The van der Waals surface area contributed by atoms with Gasteiger partial charge in [0.15, 0.2) is 0 Å². The van der Waals surface area contributed by atoms with E-state index in [1.54, 1.807) is 7.11 Å². The van der Waals surface area contributed by atoms with Crippen LogP contribution in [0.1, 0.15) is 0 Å². The second-order valence-corrected chi connectivity index (χ2v) is 3.49. The summed E-state index contributed by atoms with van der Waals surface area (Å²) < 4.78 is 20.3. The fraction of sp³-hybridized carbons (Fsp3) is 0.909. The molecule has 0 aromatic heterocycles. The van der Waals surface area contributed by atoms with Crippen molar-refractivity contribution >= 4 is 5.91 Å². The molecule has 7 nitrogen and oxygen atoms in total. The van der Waals surface area contributed by atoms with Crippen molar-refractivity contribution in [1.29, 1.82) is 0 Å². The molecular weight excluding hydrogens is 240 g/mol. The molecule has 0 radical (unpaired) electrons. The summed E-state index contributed by atoms with van der Waals surface area (Å²) in [6, 6.07) is 0. The molecule has 108 valence electrons. The summed E-state index contributed by atoms with van der Waals surface area (Å²) in [7, 11) is 1.64. The summed E-state index contributed by atoms with van der Waals surface area (Å²) in [6.45, 7) is 4.79. The first-order valence-electron chi connectivity index (χ1n) is 5.98. The van der Waals surface area contributed by atoms with E-state index >= 15 is 0 Å². The lowest BCUT2D eigenvalue weighted by molar-refractivity contribution is -0.122. The third-order valence-corrected chi connectivity index (χ3v) is 1.89. The molecule has 0 aliphatic carbocycles. The Bertz CT molecular complexity index is 192. The van der Waals surface area contributed by atoms with Crippen LogP contribution in [-0.4, -0.2) is 72.4 Å². The van der Waals surface area contributed by atoms with Crippen molar-refractivity contribution < 1.29 is 23.7 Å². The molecule has 0 aromatic rings. The lowest BCUT2D eigenvalue weighted by Gasteiger charge is -2.07. The number of ether oxygens (including phenoxy) is 4. The summed E-state index contributed by atoms with van der Waals surface area (Å²) in [6.07, 6.45) is 0. The monoisotopic (exact) mass is 264 g/mol. The Labute approximate surface area is 108 Å². The third-order valence-electron chi connectivity index (χ3n) is 1.89. The molecule has 0 fully saturated rings. The SMILES string of the molecule is COCCOCCOCCNCCOCC(N)=O. The molecule has 0 rings (SSSR count). The maximum absolute atomic E-state index is 10.3. The van der Waals surface area contributed by atoms with Gasteiger partial charge in [0, 0.05) is 20.2 Å². The summed E-state index contributed by atoms with van der Waals surface area (Å²) in [5.74, 6) is -0.452. The van der Waals surface area contributed by atoms with Crippen molar-refractivity contribution in [2.75, 3.05) is 66.4 Å². The molecule has 0 unspecified atom stereocenters. The van der Waals surface area contributed by atoms with Crippen LogP contribution in [0.4, 0.5) is 0 Å². The zero-order valence-electron chi connectivity index (χ0n) is 11.0. The van der Waals surface area contributed by atoms with E-state index in [0.29, 0.717) is 46.2 Å². The average molecular weight is 264 g/mol. The highest BCUT2D eigenvalue weighted by molar-refractivity contribution is 5.74. The van der Waals surface area contributed by atoms with Gasteiger partial charge in [-0.3, -0.25) is 4.79 Å². The molecule has 18 heavy (non-hydrogen) atoms. The molecule has 0 aliphatic rings. The van der Waals surface area contributed by atoms with Crippen LogP contribution in [0.2, 0.25) is 0 Å². The summed E-state index contributed by atoms with van der Waals surface area (Å²) >= 11 is 0. The normalized spacial score (nSPS) is 10.7. The molecule has 0 bridgehead atoms. The summed E-state index contributed by atoms with van der Waals surface area (Å²) in [4.78, 5) is 10.3. The molecule has 0 spiro atoms. The van der Waals surface area contributed by atoms with E-state index in [2.05, 4.69) is 5.32 Å². The molecule has 0 heterocycles. The third kappa shape index (κ3) is 15.3.